The zero-order chi connectivity index (χ0) is 19.9. The van der Waals surface area contributed by atoms with Crippen LogP contribution >= 0.6 is 0 Å². The van der Waals surface area contributed by atoms with Crippen LogP contribution in [0.15, 0.2) is 36.5 Å². The van der Waals surface area contributed by atoms with Crippen LogP contribution in [0.25, 0.3) is 0 Å². The van der Waals surface area contributed by atoms with Crippen molar-refractivity contribution in [3.8, 4) is 0 Å². The molecule has 0 radical (unpaired) electrons. The van der Waals surface area contributed by atoms with Crippen molar-refractivity contribution in [3.05, 3.63) is 53.3 Å². The molecule has 1 aromatic heterocycles. The van der Waals surface area contributed by atoms with Crippen molar-refractivity contribution in [2.45, 2.75) is 26.3 Å². The van der Waals surface area contributed by atoms with Gasteiger partial charge in [-0.25, -0.2) is 4.79 Å². The van der Waals surface area contributed by atoms with Crippen molar-refractivity contribution in [1.82, 2.24) is 20.0 Å². The molecule has 8 nitrogen and oxygen atoms in total. The van der Waals surface area contributed by atoms with Crippen LogP contribution in [0.1, 0.15) is 21.6 Å². The van der Waals surface area contributed by atoms with Gasteiger partial charge in [-0.05, 0) is 5.56 Å². The Labute approximate surface area is 160 Å². The van der Waals surface area contributed by atoms with E-state index in [2.05, 4.69) is 15.2 Å². The number of alkyl halides is 2. The van der Waals surface area contributed by atoms with E-state index in [1.165, 1.54) is 11.1 Å². The van der Waals surface area contributed by atoms with E-state index < -0.39 is 18.6 Å². The molecule has 0 saturated carbocycles. The van der Waals surface area contributed by atoms with Crippen LogP contribution in [0.5, 0.6) is 0 Å². The first-order valence-corrected chi connectivity index (χ1v) is 8.73. The summed E-state index contributed by atoms with van der Waals surface area (Å²) in [4.78, 5) is 26.1. The number of ether oxygens (including phenoxy) is 2. The minimum absolute atomic E-state index is 0.0589. The average molecular weight is 394 g/mol. The summed E-state index contributed by atoms with van der Waals surface area (Å²) in [5.74, 6) is -0.460. The van der Waals surface area contributed by atoms with E-state index >= 15 is 0 Å². The molecule has 0 spiro atoms. The van der Waals surface area contributed by atoms with Crippen LogP contribution in [0.4, 0.5) is 13.6 Å². The molecule has 0 fully saturated rings. The fourth-order valence-corrected chi connectivity index (χ4v) is 2.81. The number of carbonyl (C=O) groups excluding carboxylic acids is 2. The molecular formula is C18H20F2N4O4. The van der Waals surface area contributed by atoms with Crippen LogP contribution < -0.4 is 5.32 Å². The molecule has 10 heteroatoms. The smallest absolute Gasteiger partial charge is 0.410 e. The SMILES string of the molecule is O=C(NCCOC(F)F)c1cnn2c1CN(C(=O)OCc1ccccc1)CC2. The van der Waals surface area contributed by atoms with E-state index in [9.17, 15) is 18.4 Å². The molecule has 0 unspecified atom stereocenters. The Hall–Kier alpha value is -3.01. The third-order valence-corrected chi connectivity index (χ3v) is 4.21. The number of fused-ring (bicyclic) bond motifs is 1. The maximum absolute atomic E-state index is 12.3. The number of amides is 2. The Balaban J connectivity index is 1.55. The number of aromatic nitrogens is 2. The van der Waals surface area contributed by atoms with E-state index in [-0.39, 0.29) is 31.9 Å². The average Bonchev–Trinajstić information content (AvgIpc) is 3.13. The Morgan fingerprint density at radius 3 is 2.75 bits per heavy atom. The van der Waals surface area contributed by atoms with Gasteiger partial charge in [-0.15, -0.1) is 0 Å². The van der Waals surface area contributed by atoms with Gasteiger partial charge in [0.2, 0.25) is 0 Å². The van der Waals surface area contributed by atoms with Crippen molar-refractivity contribution >= 4 is 12.0 Å². The minimum Gasteiger partial charge on any atom is -0.445 e. The normalized spacial score (nSPS) is 13.3. The van der Waals surface area contributed by atoms with Crippen molar-refractivity contribution in [1.29, 1.82) is 0 Å². The first-order valence-electron chi connectivity index (χ1n) is 8.73. The van der Waals surface area contributed by atoms with Crippen molar-refractivity contribution in [2.24, 2.45) is 0 Å². The number of rotatable bonds is 7. The maximum Gasteiger partial charge on any atom is 0.410 e. The maximum atomic E-state index is 12.3. The highest BCUT2D eigenvalue weighted by Crippen LogP contribution is 2.18. The molecule has 2 aromatic rings. The highest BCUT2D eigenvalue weighted by atomic mass is 19.3. The fraction of sp³-hybridized carbons (Fsp3) is 0.389. The molecule has 1 aliphatic heterocycles. The van der Waals surface area contributed by atoms with Gasteiger partial charge in [-0.3, -0.25) is 9.48 Å². The first-order chi connectivity index (χ1) is 13.5. The molecule has 1 aromatic carbocycles. The van der Waals surface area contributed by atoms with Gasteiger partial charge in [0.1, 0.15) is 6.61 Å². The largest absolute Gasteiger partial charge is 0.445 e. The molecule has 0 bridgehead atoms. The topological polar surface area (TPSA) is 85.7 Å². The molecule has 2 heterocycles. The number of halogens is 2. The second-order valence-electron chi connectivity index (χ2n) is 6.08. The van der Waals surface area contributed by atoms with Crippen LogP contribution in [-0.2, 0) is 29.2 Å². The molecule has 2 amide bonds. The first kappa shape index (κ1) is 19.7. The van der Waals surface area contributed by atoms with Gasteiger partial charge >= 0.3 is 12.7 Å². The van der Waals surface area contributed by atoms with E-state index in [1.807, 2.05) is 30.3 Å². The summed E-state index contributed by atoms with van der Waals surface area (Å²) < 4.78 is 35.0. The lowest BCUT2D eigenvalue weighted by Gasteiger charge is -2.27. The highest BCUT2D eigenvalue weighted by molar-refractivity contribution is 5.95. The van der Waals surface area contributed by atoms with Crippen LogP contribution in [-0.4, -0.2) is 53.0 Å². The van der Waals surface area contributed by atoms with Gasteiger partial charge < -0.3 is 19.7 Å². The van der Waals surface area contributed by atoms with Gasteiger partial charge in [0.15, 0.2) is 0 Å². The van der Waals surface area contributed by atoms with E-state index in [0.29, 0.717) is 18.8 Å². The van der Waals surface area contributed by atoms with Crippen LogP contribution in [0, 0.1) is 0 Å². The van der Waals surface area contributed by atoms with Gasteiger partial charge in [-0.1, -0.05) is 30.3 Å². The van der Waals surface area contributed by atoms with Crippen molar-refractivity contribution in [2.75, 3.05) is 19.7 Å². The van der Waals surface area contributed by atoms with Gasteiger partial charge in [0.25, 0.3) is 5.91 Å². The Kier molecular flexibility index (Phi) is 6.53. The van der Waals surface area contributed by atoms with Gasteiger partial charge in [0.05, 0.1) is 37.2 Å². The second kappa shape index (κ2) is 9.27. The van der Waals surface area contributed by atoms with E-state index in [1.54, 1.807) is 4.68 Å². The number of benzene rings is 1. The molecule has 28 heavy (non-hydrogen) atoms. The Morgan fingerprint density at radius 1 is 1.21 bits per heavy atom. The summed E-state index contributed by atoms with van der Waals surface area (Å²) in [6, 6.07) is 9.32. The summed E-state index contributed by atoms with van der Waals surface area (Å²) in [6.07, 6.45) is 0.922. The summed E-state index contributed by atoms with van der Waals surface area (Å²) >= 11 is 0. The molecule has 3 rings (SSSR count). The number of nitrogens with zero attached hydrogens (tertiary/aromatic N) is 3. The third kappa shape index (κ3) is 5.03. The lowest BCUT2D eigenvalue weighted by Crippen LogP contribution is -2.39. The van der Waals surface area contributed by atoms with Gasteiger partial charge in [-0.2, -0.15) is 13.9 Å². The van der Waals surface area contributed by atoms with Gasteiger partial charge in [0, 0.05) is 13.1 Å². The lowest BCUT2D eigenvalue weighted by atomic mass is 10.2. The number of hydrogen-bond acceptors (Lipinski definition) is 5. The quantitative estimate of drug-likeness (QED) is 0.726. The summed E-state index contributed by atoms with van der Waals surface area (Å²) in [7, 11) is 0. The van der Waals surface area contributed by atoms with Crippen molar-refractivity contribution < 1.29 is 27.8 Å². The van der Waals surface area contributed by atoms with Crippen LogP contribution in [0.3, 0.4) is 0 Å². The summed E-state index contributed by atoms with van der Waals surface area (Å²) in [5.41, 5.74) is 1.73. The van der Waals surface area contributed by atoms with Crippen LogP contribution in [0.2, 0.25) is 0 Å². The highest BCUT2D eigenvalue weighted by Gasteiger charge is 2.27. The molecule has 0 aliphatic carbocycles. The summed E-state index contributed by atoms with van der Waals surface area (Å²) in [5, 5.41) is 6.64. The third-order valence-electron chi connectivity index (χ3n) is 4.21. The van der Waals surface area contributed by atoms with Crippen molar-refractivity contribution in [3.63, 3.8) is 0 Å². The molecule has 1 N–H and O–H groups in total. The fourth-order valence-electron chi connectivity index (χ4n) is 2.81. The predicted molar refractivity (Wildman–Crippen MR) is 93.6 cm³/mol. The molecule has 0 saturated heterocycles. The second-order valence-corrected chi connectivity index (χ2v) is 6.08. The zero-order valence-corrected chi connectivity index (χ0v) is 15.0. The Morgan fingerprint density at radius 2 is 2.00 bits per heavy atom. The number of carbonyl (C=O) groups is 2. The van der Waals surface area contributed by atoms with E-state index in [4.69, 9.17) is 4.74 Å². The number of nitrogens with one attached hydrogen (secondary N) is 1. The Bertz CT molecular complexity index is 813. The zero-order valence-electron chi connectivity index (χ0n) is 15.0. The molecule has 1 aliphatic rings. The number of hydrogen-bond donors (Lipinski definition) is 1. The molecule has 0 atom stereocenters. The monoisotopic (exact) mass is 394 g/mol. The van der Waals surface area contributed by atoms with E-state index in [0.717, 1.165) is 5.56 Å². The standard InChI is InChI=1S/C18H20F2N4O4/c19-17(20)27-9-6-21-16(25)14-10-22-24-8-7-23(11-15(14)24)18(26)28-12-13-4-2-1-3-5-13/h1-5,10,17H,6-9,11-12H2,(H,21,25). The predicted octanol–water partition coefficient (Wildman–Crippen LogP) is 2.00. The summed E-state index contributed by atoms with van der Waals surface area (Å²) in [6.45, 7) is -2.07. The minimum atomic E-state index is -2.88. The lowest BCUT2D eigenvalue weighted by molar-refractivity contribution is -0.126. The molecular weight excluding hydrogens is 374 g/mol. The molecule has 150 valence electrons.